The Kier molecular flexibility index (Phi) is 6.66. The lowest BCUT2D eigenvalue weighted by atomic mass is 9.77. The van der Waals surface area contributed by atoms with Crippen molar-refractivity contribution in [2.75, 3.05) is 0 Å². The molecule has 0 unspecified atom stereocenters. The van der Waals surface area contributed by atoms with Crippen LogP contribution in [0, 0.1) is 35.2 Å². The molecule has 0 aliphatic heterocycles. The first kappa shape index (κ1) is 21.5. The van der Waals surface area contributed by atoms with E-state index in [9.17, 15) is 13.2 Å². The van der Waals surface area contributed by atoms with Gasteiger partial charge in [0.1, 0.15) is 17.5 Å². The van der Waals surface area contributed by atoms with E-state index in [2.05, 4.69) is 18.8 Å². The number of halogens is 3. The highest BCUT2D eigenvalue weighted by Crippen LogP contribution is 2.38. The van der Waals surface area contributed by atoms with Gasteiger partial charge in [0.2, 0.25) is 0 Å². The third-order valence-corrected chi connectivity index (χ3v) is 6.48. The Morgan fingerprint density at radius 2 is 1.48 bits per heavy atom. The zero-order valence-corrected chi connectivity index (χ0v) is 17.9. The summed E-state index contributed by atoms with van der Waals surface area (Å²) in [7, 11) is 0. The maximum Gasteiger partial charge on any atom is 0.142 e. The number of fused-ring (bicyclic) bond motifs is 1. The Morgan fingerprint density at radius 1 is 0.806 bits per heavy atom. The summed E-state index contributed by atoms with van der Waals surface area (Å²) in [5.74, 6) is 5.00. The molecular formula is C28H27F3. The van der Waals surface area contributed by atoms with Crippen LogP contribution in [0.15, 0.2) is 48.5 Å². The molecular weight excluding hydrogens is 393 g/mol. The van der Waals surface area contributed by atoms with E-state index in [0.29, 0.717) is 5.56 Å². The second-order valence-corrected chi connectivity index (χ2v) is 8.68. The van der Waals surface area contributed by atoms with E-state index in [1.54, 1.807) is 24.3 Å². The molecule has 160 valence electrons. The predicted molar refractivity (Wildman–Crippen MR) is 120 cm³/mol. The smallest absolute Gasteiger partial charge is 0.142 e. The zero-order valence-electron chi connectivity index (χ0n) is 17.9. The number of hydrogen-bond acceptors (Lipinski definition) is 0. The lowest BCUT2D eigenvalue weighted by Gasteiger charge is -2.29. The third kappa shape index (κ3) is 5.13. The molecule has 3 heteroatoms. The van der Waals surface area contributed by atoms with E-state index in [-0.39, 0.29) is 17.3 Å². The molecule has 1 aliphatic carbocycles. The molecule has 0 saturated heterocycles. The summed E-state index contributed by atoms with van der Waals surface area (Å²) in [5.41, 5.74) is 1.19. The van der Waals surface area contributed by atoms with Crippen LogP contribution < -0.4 is 0 Å². The second kappa shape index (κ2) is 9.60. The van der Waals surface area contributed by atoms with Crippen LogP contribution in [0.1, 0.15) is 74.5 Å². The van der Waals surface area contributed by atoms with E-state index < -0.39 is 11.6 Å². The summed E-state index contributed by atoms with van der Waals surface area (Å²) < 4.78 is 42.8. The first-order valence-electron chi connectivity index (χ1n) is 11.2. The summed E-state index contributed by atoms with van der Waals surface area (Å²) in [5, 5.41) is 1.59. The van der Waals surface area contributed by atoms with Crippen molar-refractivity contribution in [1.82, 2.24) is 0 Å². The average Bonchev–Trinajstić information content (AvgIpc) is 2.77. The average molecular weight is 421 g/mol. The number of benzene rings is 3. The van der Waals surface area contributed by atoms with E-state index in [4.69, 9.17) is 0 Å². The first-order chi connectivity index (χ1) is 15.0. The molecule has 0 atom stereocenters. The third-order valence-electron chi connectivity index (χ3n) is 6.48. The zero-order chi connectivity index (χ0) is 21.8. The lowest BCUT2D eigenvalue weighted by Crippen LogP contribution is -2.14. The summed E-state index contributed by atoms with van der Waals surface area (Å²) in [6.45, 7) is 2.21. The largest absolute Gasteiger partial charge is 0.207 e. The number of rotatable bonds is 4. The Labute approximate surface area is 182 Å². The highest BCUT2D eigenvalue weighted by atomic mass is 19.1. The van der Waals surface area contributed by atoms with Crippen LogP contribution in [0.25, 0.3) is 10.8 Å². The fourth-order valence-electron chi connectivity index (χ4n) is 4.65. The van der Waals surface area contributed by atoms with Crippen molar-refractivity contribution < 1.29 is 13.2 Å². The normalized spacial score (nSPS) is 18.6. The molecule has 1 aliphatic rings. The van der Waals surface area contributed by atoms with Crippen LogP contribution in [-0.4, -0.2) is 0 Å². The molecule has 4 rings (SSSR count). The molecule has 0 nitrogen and oxygen atoms in total. The molecule has 1 saturated carbocycles. The minimum Gasteiger partial charge on any atom is -0.207 e. The van der Waals surface area contributed by atoms with Crippen LogP contribution in [0.2, 0.25) is 0 Å². The molecule has 3 aromatic carbocycles. The predicted octanol–water partition coefficient (Wildman–Crippen LogP) is 8.12. The Bertz CT molecular complexity index is 1100. The fraction of sp³-hybridized carbons (Fsp3) is 0.357. The van der Waals surface area contributed by atoms with Crippen molar-refractivity contribution in [3.8, 4) is 11.8 Å². The molecule has 0 radical (unpaired) electrons. The van der Waals surface area contributed by atoms with Gasteiger partial charge < -0.3 is 0 Å². The first-order valence-corrected chi connectivity index (χ1v) is 11.2. The van der Waals surface area contributed by atoms with Gasteiger partial charge in [-0.2, -0.15) is 0 Å². The summed E-state index contributed by atoms with van der Waals surface area (Å²) in [6.07, 6.45) is 8.02. The van der Waals surface area contributed by atoms with Crippen LogP contribution in [-0.2, 0) is 0 Å². The number of hydrogen-bond donors (Lipinski definition) is 0. The summed E-state index contributed by atoms with van der Waals surface area (Å²) in [4.78, 5) is 0. The number of unbranched alkanes of at least 4 members (excludes halogenated alkanes) is 1. The highest BCUT2D eigenvalue weighted by Gasteiger charge is 2.23. The van der Waals surface area contributed by atoms with Gasteiger partial charge in [-0.1, -0.05) is 50.2 Å². The molecule has 0 spiro atoms. The van der Waals surface area contributed by atoms with Crippen LogP contribution in [0.3, 0.4) is 0 Å². The van der Waals surface area contributed by atoms with Gasteiger partial charge in [-0.05, 0) is 90.3 Å². The van der Waals surface area contributed by atoms with Crippen LogP contribution >= 0.6 is 0 Å². The molecule has 0 bridgehead atoms. The SMILES string of the molecule is CCCCC1CCC(c2cc(F)c(C#Cc3ccc4cc(F)ccc4c3)c(F)c2)CC1. The Hall–Kier alpha value is -2.73. The lowest BCUT2D eigenvalue weighted by molar-refractivity contribution is 0.303. The van der Waals surface area contributed by atoms with E-state index in [1.807, 2.05) is 0 Å². The van der Waals surface area contributed by atoms with Gasteiger partial charge in [-0.15, -0.1) is 0 Å². The topological polar surface area (TPSA) is 0 Å². The molecule has 0 aromatic heterocycles. The maximum absolute atomic E-state index is 14.7. The van der Waals surface area contributed by atoms with Crippen LogP contribution in [0.5, 0.6) is 0 Å². The minimum absolute atomic E-state index is 0.195. The van der Waals surface area contributed by atoms with Crippen molar-refractivity contribution in [2.24, 2.45) is 5.92 Å². The van der Waals surface area contributed by atoms with Crippen molar-refractivity contribution in [2.45, 2.75) is 57.8 Å². The van der Waals surface area contributed by atoms with Gasteiger partial charge >= 0.3 is 0 Å². The maximum atomic E-state index is 14.7. The van der Waals surface area contributed by atoms with Crippen molar-refractivity contribution >= 4 is 10.8 Å². The molecule has 0 amide bonds. The fourth-order valence-corrected chi connectivity index (χ4v) is 4.65. The van der Waals surface area contributed by atoms with Gasteiger partial charge in [0.05, 0.1) is 5.56 Å². The van der Waals surface area contributed by atoms with Gasteiger partial charge in [0.15, 0.2) is 0 Å². The second-order valence-electron chi connectivity index (χ2n) is 8.68. The van der Waals surface area contributed by atoms with E-state index in [1.165, 1.54) is 43.5 Å². The van der Waals surface area contributed by atoms with Gasteiger partial charge in [-0.3, -0.25) is 0 Å². The van der Waals surface area contributed by atoms with Crippen molar-refractivity contribution in [3.05, 3.63) is 82.7 Å². The minimum atomic E-state index is -0.599. The Morgan fingerprint density at radius 3 is 2.19 bits per heavy atom. The van der Waals surface area contributed by atoms with Gasteiger partial charge in [0.25, 0.3) is 0 Å². The summed E-state index contributed by atoms with van der Waals surface area (Å²) >= 11 is 0. The molecule has 1 fully saturated rings. The van der Waals surface area contributed by atoms with E-state index >= 15 is 0 Å². The molecule has 0 N–H and O–H groups in total. The monoisotopic (exact) mass is 420 g/mol. The molecule has 3 aromatic rings. The van der Waals surface area contributed by atoms with Crippen LogP contribution in [0.4, 0.5) is 13.2 Å². The highest BCUT2D eigenvalue weighted by molar-refractivity contribution is 5.84. The Balaban J connectivity index is 1.50. The van der Waals surface area contributed by atoms with Gasteiger partial charge in [-0.25, -0.2) is 13.2 Å². The van der Waals surface area contributed by atoms with Gasteiger partial charge in [0, 0.05) is 5.56 Å². The van der Waals surface area contributed by atoms with Crippen molar-refractivity contribution in [3.63, 3.8) is 0 Å². The molecule has 0 heterocycles. The van der Waals surface area contributed by atoms with Crippen molar-refractivity contribution in [1.29, 1.82) is 0 Å². The quantitative estimate of drug-likeness (QED) is 0.374. The molecule has 31 heavy (non-hydrogen) atoms. The summed E-state index contributed by atoms with van der Waals surface area (Å²) in [6, 6.07) is 12.7. The van der Waals surface area contributed by atoms with E-state index in [0.717, 1.165) is 47.9 Å². The standard InChI is InChI=1S/C28H27F3/c1-2-3-4-19-5-9-21(10-6-19)24-17-27(30)26(28(31)18-24)14-8-20-7-11-23-16-25(29)13-12-22(23)15-20/h7,11-13,15-19,21H,2-6,9-10H2,1H3.